The van der Waals surface area contributed by atoms with Gasteiger partial charge in [-0.2, -0.15) is 0 Å². The van der Waals surface area contributed by atoms with Crippen LogP contribution in [0.25, 0.3) is 0 Å². The van der Waals surface area contributed by atoms with E-state index in [-0.39, 0.29) is 0 Å². The van der Waals surface area contributed by atoms with E-state index in [4.69, 9.17) is 0 Å². The molecule has 0 aliphatic carbocycles. The topological polar surface area (TPSA) is 0 Å². The van der Waals surface area contributed by atoms with Crippen LogP contribution in [0.2, 0.25) is 8.92 Å². The average molecular weight is 729 g/mol. The van der Waals surface area contributed by atoms with Crippen molar-refractivity contribution in [1.82, 2.24) is 0 Å². The van der Waals surface area contributed by atoms with Crippen LogP contribution in [0.5, 0.6) is 0 Å². The van der Waals surface area contributed by atoms with Crippen LogP contribution in [-0.2, 0) is 0 Å². The van der Waals surface area contributed by atoms with Gasteiger partial charge >= 0.3 is 215 Å². The first-order valence-electron chi connectivity index (χ1n) is 11.7. The minimum atomic E-state index is -1.98. The molecule has 0 amide bonds. The normalized spacial score (nSPS) is 12.5. The second kappa shape index (κ2) is 11.7. The van der Waals surface area contributed by atoms with Gasteiger partial charge in [0, 0.05) is 0 Å². The Morgan fingerprint density at radius 2 is 0.625 bits per heavy atom. The predicted octanol–water partition coefficient (Wildman–Crippen LogP) is 7.08. The molecular formula is C30H42PbSn. The molecule has 0 saturated heterocycles. The Morgan fingerprint density at radius 1 is 0.406 bits per heavy atom. The van der Waals surface area contributed by atoms with Gasteiger partial charge in [0.2, 0.25) is 0 Å². The van der Waals surface area contributed by atoms with Gasteiger partial charge in [-0.1, -0.05) is 0 Å². The van der Waals surface area contributed by atoms with Crippen molar-refractivity contribution in [3.8, 4) is 0 Å². The maximum atomic E-state index is 2.45. The molecular weight excluding hydrogens is 686 g/mol. The summed E-state index contributed by atoms with van der Waals surface area (Å²) in [5.74, 6) is 0. The maximum absolute atomic E-state index is 2.45. The van der Waals surface area contributed by atoms with E-state index < -0.39 is 42.5 Å². The Hall–Kier alpha value is -0.619. The van der Waals surface area contributed by atoms with Crippen LogP contribution in [0.15, 0.2) is 91.0 Å². The van der Waals surface area contributed by atoms with Crippen molar-refractivity contribution in [2.24, 2.45) is 0 Å². The molecule has 2 heteroatoms. The molecule has 0 nitrogen and oxygen atoms in total. The summed E-state index contributed by atoms with van der Waals surface area (Å²) in [6.07, 6.45) is 0. The summed E-state index contributed by atoms with van der Waals surface area (Å²) in [6, 6.07) is 32.9. The second-order valence-electron chi connectivity index (χ2n) is 11.6. The molecule has 3 rings (SSSR count). The van der Waals surface area contributed by atoms with Gasteiger partial charge < -0.3 is 0 Å². The number of rotatable bonds is 3. The van der Waals surface area contributed by atoms with Crippen molar-refractivity contribution in [2.45, 2.75) is 71.2 Å². The van der Waals surface area contributed by atoms with E-state index in [0.717, 1.165) is 0 Å². The van der Waals surface area contributed by atoms with E-state index in [1.54, 1.807) is 0 Å². The van der Waals surface area contributed by atoms with E-state index in [1.165, 1.54) is 10.7 Å². The Morgan fingerprint density at radius 3 is 0.781 bits per heavy atom. The van der Waals surface area contributed by atoms with Crippen molar-refractivity contribution >= 4 is 53.2 Å². The predicted molar refractivity (Wildman–Crippen MR) is 149 cm³/mol. The van der Waals surface area contributed by atoms with Gasteiger partial charge in [-0.25, -0.2) is 0 Å². The Bertz CT molecular complexity index is 787. The van der Waals surface area contributed by atoms with Gasteiger partial charge in [0.15, 0.2) is 0 Å². The van der Waals surface area contributed by atoms with Crippen LogP contribution in [0.3, 0.4) is 0 Å². The monoisotopic (exact) mass is 730 g/mol. The Balaban J connectivity index is 0.000000247. The standard InChI is InChI=1S/3C6H5.3C4H9.Pb.Sn/c3*1-2-4-6-5-3-1;3*1-4(2)3;;/h3*1-5H;3*1-3H3;;. The van der Waals surface area contributed by atoms with Gasteiger partial charge in [-0.05, 0) is 0 Å². The summed E-state index contributed by atoms with van der Waals surface area (Å²) in [6.45, 7) is 22.0. The third kappa shape index (κ3) is 8.31. The van der Waals surface area contributed by atoms with Crippen LogP contribution in [-0.4, -0.2) is 42.5 Å². The summed E-state index contributed by atoms with van der Waals surface area (Å²) in [5, 5.41) is 0. The first kappa shape index (κ1) is 27.6. The molecule has 0 unspecified atom stereocenters. The van der Waals surface area contributed by atoms with Gasteiger partial charge in [-0.15, -0.1) is 0 Å². The van der Waals surface area contributed by atoms with E-state index in [0.29, 0.717) is 8.92 Å². The molecule has 0 aliphatic rings. The summed E-state index contributed by atoms with van der Waals surface area (Å²) in [4.78, 5) is 0. The zero-order chi connectivity index (χ0) is 24.0. The molecule has 0 spiro atoms. The summed E-state index contributed by atoms with van der Waals surface area (Å²) in [7, 11) is 0. The van der Waals surface area contributed by atoms with Crippen LogP contribution in [0.4, 0.5) is 0 Å². The quantitative estimate of drug-likeness (QED) is 0.253. The molecule has 0 aromatic heterocycles. The van der Waals surface area contributed by atoms with E-state index in [1.807, 2.05) is 0 Å². The van der Waals surface area contributed by atoms with Crippen molar-refractivity contribution < 1.29 is 0 Å². The molecule has 3 aromatic rings. The van der Waals surface area contributed by atoms with E-state index in [9.17, 15) is 0 Å². The molecule has 0 saturated carbocycles. The molecule has 0 bridgehead atoms. The van der Waals surface area contributed by atoms with Crippen LogP contribution in [0.1, 0.15) is 62.3 Å². The number of hydrogen-bond acceptors (Lipinski definition) is 0. The Labute approximate surface area is 213 Å². The van der Waals surface area contributed by atoms with Gasteiger partial charge in [0.1, 0.15) is 0 Å². The number of benzene rings is 3. The minimum absolute atomic E-state index is 0.598. The SMILES string of the molecule is C[C](C)(C)[Pb]([C](C)(C)C)[C](C)(C)C.c1cc[c]([Sn]([c]2ccccc2)[c]2ccccc2)cc1. The first-order valence-corrected chi connectivity index (χ1v) is 21.8. The third-order valence-corrected chi connectivity index (χ3v) is 30.7. The molecule has 0 atom stereocenters. The van der Waals surface area contributed by atoms with Gasteiger partial charge in [0.25, 0.3) is 0 Å². The molecule has 2 radical (unpaired) electrons. The molecule has 170 valence electrons. The van der Waals surface area contributed by atoms with Crippen LogP contribution < -0.4 is 10.7 Å². The van der Waals surface area contributed by atoms with Gasteiger partial charge in [-0.3, -0.25) is 0 Å². The molecule has 0 heterocycles. The fraction of sp³-hybridized carbons (Fsp3) is 0.400. The number of hydrogen-bond donors (Lipinski definition) is 0. The zero-order valence-corrected chi connectivity index (χ0v) is 28.4. The summed E-state index contributed by atoms with van der Waals surface area (Å²) < 4.78 is 6.38. The summed E-state index contributed by atoms with van der Waals surface area (Å²) in [5.41, 5.74) is 0. The van der Waals surface area contributed by atoms with Crippen molar-refractivity contribution in [2.75, 3.05) is 0 Å². The molecule has 3 aromatic carbocycles. The molecule has 32 heavy (non-hydrogen) atoms. The Kier molecular flexibility index (Phi) is 10.1. The van der Waals surface area contributed by atoms with Crippen LogP contribution in [0, 0.1) is 0 Å². The fourth-order valence-corrected chi connectivity index (χ4v) is 39.3. The fourth-order valence-electron chi connectivity index (χ4n) is 5.69. The molecule has 0 aliphatic heterocycles. The summed E-state index contributed by atoms with van der Waals surface area (Å²) >= 11 is -3.60. The van der Waals surface area contributed by atoms with Crippen molar-refractivity contribution in [3.63, 3.8) is 0 Å². The second-order valence-corrected chi connectivity index (χ2v) is 39.1. The van der Waals surface area contributed by atoms with Gasteiger partial charge in [0.05, 0.1) is 0 Å². The van der Waals surface area contributed by atoms with E-state index in [2.05, 4.69) is 153 Å². The average Bonchev–Trinajstić information content (AvgIpc) is 2.68. The third-order valence-electron chi connectivity index (χ3n) is 5.44. The van der Waals surface area contributed by atoms with Crippen LogP contribution >= 0.6 is 0 Å². The van der Waals surface area contributed by atoms with Crippen molar-refractivity contribution in [1.29, 1.82) is 0 Å². The zero-order valence-electron chi connectivity index (χ0n) is 21.7. The first-order chi connectivity index (χ1) is 14.8. The molecule has 0 fully saturated rings. The van der Waals surface area contributed by atoms with E-state index >= 15 is 0 Å². The van der Waals surface area contributed by atoms with Crippen molar-refractivity contribution in [3.05, 3.63) is 91.0 Å². The molecule has 0 N–H and O–H groups in total.